The van der Waals surface area contributed by atoms with Crippen LogP contribution in [0.3, 0.4) is 0 Å². The number of nitrogens with one attached hydrogen (secondary N) is 1. The fourth-order valence-electron chi connectivity index (χ4n) is 1.17. The largest absolute Gasteiger partial charge is 0.373 e. The molecular formula is C10H12FIN2O. The molecule has 82 valence electrons. The molecule has 1 unspecified atom stereocenters. The van der Waals surface area contributed by atoms with Gasteiger partial charge in [0.15, 0.2) is 0 Å². The van der Waals surface area contributed by atoms with Gasteiger partial charge < -0.3 is 11.1 Å². The normalized spacial score (nSPS) is 12.2. The molecule has 0 aliphatic carbocycles. The Morgan fingerprint density at radius 1 is 1.67 bits per heavy atom. The van der Waals surface area contributed by atoms with Crippen molar-refractivity contribution in [3.8, 4) is 0 Å². The minimum atomic E-state index is -0.413. The van der Waals surface area contributed by atoms with Gasteiger partial charge in [-0.15, -0.1) is 0 Å². The molecule has 0 aliphatic rings. The first-order valence-electron chi connectivity index (χ1n) is 4.55. The fraction of sp³-hybridized carbons (Fsp3) is 0.300. The van der Waals surface area contributed by atoms with Crippen LogP contribution in [-0.2, 0) is 4.79 Å². The molecule has 5 heteroatoms. The molecule has 0 saturated carbocycles. The molecule has 3 nitrogen and oxygen atoms in total. The van der Waals surface area contributed by atoms with Crippen LogP contribution in [0.25, 0.3) is 0 Å². The quantitative estimate of drug-likeness (QED) is 0.834. The monoisotopic (exact) mass is 322 g/mol. The number of carbonyl (C=O) groups is 1. The minimum absolute atomic E-state index is 0.294. The summed E-state index contributed by atoms with van der Waals surface area (Å²) < 4.78 is 13.5. The summed E-state index contributed by atoms with van der Waals surface area (Å²) in [6.45, 7) is 1.86. The van der Waals surface area contributed by atoms with E-state index in [0.717, 1.165) is 9.26 Å². The average molecular weight is 322 g/mol. The predicted molar refractivity (Wildman–Crippen MR) is 66.0 cm³/mol. The van der Waals surface area contributed by atoms with Crippen LogP contribution in [0.15, 0.2) is 18.2 Å². The molecule has 0 radical (unpaired) electrons. The van der Waals surface area contributed by atoms with Crippen molar-refractivity contribution in [2.24, 2.45) is 5.73 Å². The van der Waals surface area contributed by atoms with E-state index < -0.39 is 11.9 Å². The van der Waals surface area contributed by atoms with Crippen LogP contribution in [0.2, 0.25) is 0 Å². The first kappa shape index (κ1) is 12.2. The fourth-order valence-corrected chi connectivity index (χ4v) is 1.80. The van der Waals surface area contributed by atoms with E-state index in [4.69, 9.17) is 5.73 Å². The highest BCUT2D eigenvalue weighted by Crippen LogP contribution is 2.20. The molecule has 0 aromatic heterocycles. The van der Waals surface area contributed by atoms with E-state index in [1.165, 1.54) is 12.1 Å². The van der Waals surface area contributed by atoms with Crippen molar-refractivity contribution >= 4 is 34.2 Å². The Morgan fingerprint density at radius 2 is 2.33 bits per heavy atom. The number of carbonyl (C=O) groups excluding carboxylic acids is 1. The highest BCUT2D eigenvalue weighted by molar-refractivity contribution is 14.1. The van der Waals surface area contributed by atoms with E-state index in [1.54, 1.807) is 6.07 Å². The van der Waals surface area contributed by atoms with Gasteiger partial charge in [0.1, 0.15) is 11.9 Å². The molecule has 1 rings (SSSR count). The number of hydrogen-bond donors (Lipinski definition) is 2. The topological polar surface area (TPSA) is 55.1 Å². The second-order valence-electron chi connectivity index (χ2n) is 3.13. The van der Waals surface area contributed by atoms with Crippen LogP contribution in [-0.4, -0.2) is 11.9 Å². The molecule has 0 spiro atoms. The van der Waals surface area contributed by atoms with Gasteiger partial charge >= 0.3 is 0 Å². The molecule has 1 aromatic rings. The summed E-state index contributed by atoms with van der Waals surface area (Å²) in [6.07, 6.45) is 0.600. The van der Waals surface area contributed by atoms with Gasteiger partial charge in [0.2, 0.25) is 5.91 Å². The number of rotatable bonds is 4. The number of amides is 1. The maximum absolute atomic E-state index is 12.8. The molecule has 1 aromatic carbocycles. The third-order valence-corrected chi connectivity index (χ3v) is 2.91. The minimum Gasteiger partial charge on any atom is -0.373 e. The molecule has 0 aliphatic heterocycles. The maximum Gasteiger partial charge on any atom is 0.239 e. The molecule has 15 heavy (non-hydrogen) atoms. The second kappa shape index (κ2) is 5.29. The second-order valence-corrected chi connectivity index (χ2v) is 4.29. The number of anilines is 1. The maximum atomic E-state index is 12.8. The molecule has 1 amide bonds. The number of benzene rings is 1. The van der Waals surface area contributed by atoms with Gasteiger partial charge in [0.25, 0.3) is 0 Å². The van der Waals surface area contributed by atoms with Gasteiger partial charge in [0.05, 0.1) is 0 Å². The Morgan fingerprint density at radius 3 is 2.80 bits per heavy atom. The summed E-state index contributed by atoms with van der Waals surface area (Å²) in [4.78, 5) is 11.0. The molecule has 1 atom stereocenters. The first-order valence-corrected chi connectivity index (χ1v) is 5.63. The molecule has 0 fully saturated rings. The van der Waals surface area contributed by atoms with E-state index >= 15 is 0 Å². The van der Waals surface area contributed by atoms with Gasteiger partial charge in [0, 0.05) is 9.26 Å². The third-order valence-electron chi connectivity index (χ3n) is 2.01. The van der Waals surface area contributed by atoms with Gasteiger partial charge in [-0.25, -0.2) is 4.39 Å². The predicted octanol–water partition coefficient (Wildman–Crippen LogP) is 2.11. The summed E-state index contributed by atoms with van der Waals surface area (Å²) in [5.41, 5.74) is 5.92. The smallest absolute Gasteiger partial charge is 0.239 e. The molecular weight excluding hydrogens is 310 g/mol. The van der Waals surface area contributed by atoms with E-state index in [1.807, 2.05) is 29.5 Å². The Kier molecular flexibility index (Phi) is 4.31. The van der Waals surface area contributed by atoms with Crippen molar-refractivity contribution in [3.05, 3.63) is 27.6 Å². The Hall–Kier alpha value is -0.850. The Bertz CT molecular complexity index is 370. The van der Waals surface area contributed by atoms with Gasteiger partial charge in [-0.3, -0.25) is 4.79 Å². The van der Waals surface area contributed by atoms with E-state index in [9.17, 15) is 9.18 Å². The van der Waals surface area contributed by atoms with Crippen LogP contribution in [0.1, 0.15) is 13.3 Å². The van der Waals surface area contributed by atoms with E-state index in [0.29, 0.717) is 6.42 Å². The lowest BCUT2D eigenvalue weighted by molar-refractivity contribution is -0.118. The Labute approximate surface area is 101 Å². The first-order chi connectivity index (χ1) is 7.04. The average Bonchev–Trinajstić information content (AvgIpc) is 2.16. The summed E-state index contributed by atoms with van der Waals surface area (Å²) in [6, 6.07) is 3.93. The zero-order chi connectivity index (χ0) is 11.4. The van der Waals surface area contributed by atoms with Crippen LogP contribution >= 0.6 is 22.6 Å². The van der Waals surface area contributed by atoms with Crippen molar-refractivity contribution in [2.75, 3.05) is 5.32 Å². The molecule has 0 saturated heterocycles. The van der Waals surface area contributed by atoms with Crippen LogP contribution in [0, 0.1) is 9.39 Å². The van der Waals surface area contributed by atoms with Crippen molar-refractivity contribution in [1.82, 2.24) is 0 Å². The van der Waals surface area contributed by atoms with Gasteiger partial charge in [-0.2, -0.15) is 0 Å². The number of nitrogens with two attached hydrogens (primary N) is 1. The lowest BCUT2D eigenvalue weighted by Gasteiger charge is -2.15. The van der Waals surface area contributed by atoms with Crippen molar-refractivity contribution < 1.29 is 9.18 Å². The highest BCUT2D eigenvalue weighted by atomic mass is 127. The number of halogens is 2. The molecule has 0 heterocycles. The molecule has 3 N–H and O–H groups in total. The van der Waals surface area contributed by atoms with E-state index in [-0.39, 0.29) is 5.82 Å². The Balaban J connectivity index is 2.84. The summed E-state index contributed by atoms with van der Waals surface area (Å²) in [7, 11) is 0. The van der Waals surface area contributed by atoms with Crippen LogP contribution < -0.4 is 11.1 Å². The summed E-state index contributed by atoms with van der Waals surface area (Å²) in [5.74, 6) is -0.699. The zero-order valence-electron chi connectivity index (χ0n) is 8.26. The van der Waals surface area contributed by atoms with Crippen molar-refractivity contribution in [1.29, 1.82) is 0 Å². The number of primary amides is 1. The van der Waals surface area contributed by atoms with Crippen LogP contribution in [0.4, 0.5) is 10.1 Å². The van der Waals surface area contributed by atoms with Gasteiger partial charge in [-0.05, 0) is 47.2 Å². The lowest BCUT2D eigenvalue weighted by atomic mass is 10.2. The molecule has 0 bridgehead atoms. The van der Waals surface area contributed by atoms with Crippen molar-refractivity contribution in [2.45, 2.75) is 19.4 Å². The standard InChI is InChI=1S/C10H12FIN2O/c1-2-8(10(13)15)14-9-4-3-6(11)5-7(9)12/h3-5,8,14H,2H2,1H3,(H2,13,15). The van der Waals surface area contributed by atoms with E-state index in [2.05, 4.69) is 5.32 Å². The lowest BCUT2D eigenvalue weighted by Crippen LogP contribution is -2.34. The van der Waals surface area contributed by atoms with Crippen molar-refractivity contribution in [3.63, 3.8) is 0 Å². The highest BCUT2D eigenvalue weighted by Gasteiger charge is 2.13. The summed E-state index contributed by atoms with van der Waals surface area (Å²) in [5, 5.41) is 2.97. The zero-order valence-corrected chi connectivity index (χ0v) is 10.4. The summed E-state index contributed by atoms with van der Waals surface area (Å²) >= 11 is 2.00. The van der Waals surface area contributed by atoms with Crippen LogP contribution in [0.5, 0.6) is 0 Å². The number of hydrogen-bond acceptors (Lipinski definition) is 2. The van der Waals surface area contributed by atoms with Gasteiger partial charge in [-0.1, -0.05) is 6.92 Å². The SMILES string of the molecule is CCC(Nc1ccc(F)cc1I)C(N)=O. The third kappa shape index (κ3) is 3.33.